The summed E-state index contributed by atoms with van der Waals surface area (Å²) in [5.74, 6) is 0.328. The van der Waals surface area contributed by atoms with Gasteiger partial charge in [0.25, 0.3) is 11.5 Å². The molecule has 0 aliphatic carbocycles. The highest BCUT2D eigenvalue weighted by Crippen LogP contribution is 2.36. The smallest absolute Gasteiger partial charge is 0.276 e. The summed E-state index contributed by atoms with van der Waals surface area (Å²) in [4.78, 5) is 25.7. The van der Waals surface area contributed by atoms with Crippen LogP contribution in [0.25, 0.3) is 10.8 Å². The summed E-state index contributed by atoms with van der Waals surface area (Å²) >= 11 is 6.18. The van der Waals surface area contributed by atoms with Crippen molar-refractivity contribution in [3.8, 4) is 11.5 Å². The van der Waals surface area contributed by atoms with Crippen LogP contribution in [0.3, 0.4) is 0 Å². The minimum absolute atomic E-state index is 0.137. The number of amides is 1. The molecule has 1 aromatic heterocycles. The number of hydrogen-bond donors (Lipinski definition) is 1. The summed E-state index contributed by atoms with van der Waals surface area (Å²) in [7, 11) is 2.97. The molecule has 2 aromatic carbocycles. The maximum absolute atomic E-state index is 13.0. The van der Waals surface area contributed by atoms with Gasteiger partial charge in [-0.25, -0.2) is 4.68 Å². The average molecular weight is 402 g/mol. The molecule has 0 saturated carbocycles. The normalized spacial score (nSPS) is 10.9. The Morgan fingerprint density at radius 2 is 1.75 bits per heavy atom. The number of ether oxygens (including phenoxy) is 2. The molecule has 0 atom stereocenters. The van der Waals surface area contributed by atoms with Crippen LogP contribution in [0.15, 0.2) is 41.2 Å². The monoisotopic (exact) mass is 401 g/mol. The number of nitrogens with one attached hydrogen (secondary N) is 1. The highest BCUT2D eigenvalue weighted by molar-refractivity contribution is 6.32. The molecule has 3 rings (SSSR count). The first-order chi connectivity index (χ1) is 13.4. The van der Waals surface area contributed by atoms with E-state index in [0.717, 1.165) is 0 Å². The first-order valence-corrected chi connectivity index (χ1v) is 8.99. The molecule has 0 spiro atoms. The number of methoxy groups -OCH3 is 2. The molecule has 0 unspecified atom stereocenters. The standard InChI is InChI=1S/C20H20ClN3O4/c1-11(2)24-20(26)13-8-6-5-7-12(13)18(23-24)19(25)22-15-9-14(21)16(27-3)10-17(15)28-4/h5-11H,1-4H3,(H,22,25). The van der Waals surface area contributed by atoms with Gasteiger partial charge >= 0.3 is 0 Å². The number of rotatable bonds is 5. The van der Waals surface area contributed by atoms with E-state index in [1.54, 1.807) is 30.3 Å². The van der Waals surface area contributed by atoms with Gasteiger partial charge in [0.05, 0.1) is 36.4 Å². The van der Waals surface area contributed by atoms with Crippen LogP contribution in [0.5, 0.6) is 11.5 Å². The minimum atomic E-state index is -0.481. The predicted molar refractivity (Wildman–Crippen MR) is 109 cm³/mol. The molecule has 28 heavy (non-hydrogen) atoms. The second-order valence-electron chi connectivity index (χ2n) is 6.38. The molecule has 0 radical (unpaired) electrons. The van der Waals surface area contributed by atoms with Gasteiger partial charge in [-0.2, -0.15) is 5.10 Å². The number of carbonyl (C=O) groups excluding carboxylic acids is 1. The van der Waals surface area contributed by atoms with E-state index < -0.39 is 5.91 Å². The Hall–Kier alpha value is -3.06. The molecule has 1 amide bonds. The predicted octanol–water partition coefficient (Wildman–Crippen LogP) is 3.90. The Kier molecular flexibility index (Phi) is 5.56. The molecule has 3 aromatic rings. The summed E-state index contributed by atoms with van der Waals surface area (Å²) in [6.07, 6.45) is 0. The lowest BCUT2D eigenvalue weighted by molar-refractivity contribution is 0.102. The molecule has 1 heterocycles. The average Bonchev–Trinajstić information content (AvgIpc) is 2.68. The maximum Gasteiger partial charge on any atom is 0.276 e. The minimum Gasteiger partial charge on any atom is -0.495 e. The molecule has 0 saturated heterocycles. The zero-order valence-electron chi connectivity index (χ0n) is 15.9. The van der Waals surface area contributed by atoms with E-state index in [0.29, 0.717) is 33.0 Å². The number of anilines is 1. The number of halogens is 1. The van der Waals surface area contributed by atoms with E-state index in [4.69, 9.17) is 21.1 Å². The molecule has 0 aliphatic heterocycles. The zero-order chi connectivity index (χ0) is 20.4. The van der Waals surface area contributed by atoms with Crippen molar-refractivity contribution in [3.05, 3.63) is 57.5 Å². The van der Waals surface area contributed by atoms with Gasteiger partial charge in [0.1, 0.15) is 11.5 Å². The number of benzene rings is 2. The third kappa shape index (κ3) is 3.53. The van der Waals surface area contributed by atoms with Gasteiger partial charge in [0, 0.05) is 11.5 Å². The van der Waals surface area contributed by atoms with Gasteiger partial charge in [0.2, 0.25) is 0 Å². The number of fused-ring (bicyclic) bond motifs is 1. The fourth-order valence-electron chi connectivity index (χ4n) is 2.86. The molecule has 0 bridgehead atoms. The van der Waals surface area contributed by atoms with Crippen molar-refractivity contribution < 1.29 is 14.3 Å². The van der Waals surface area contributed by atoms with Gasteiger partial charge in [-0.3, -0.25) is 9.59 Å². The highest BCUT2D eigenvalue weighted by Gasteiger charge is 2.20. The van der Waals surface area contributed by atoms with Crippen molar-refractivity contribution in [1.82, 2.24) is 9.78 Å². The molecule has 1 N–H and O–H groups in total. The van der Waals surface area contributed by atoms with Crippen LogP contribution in [0.2, 0.25) is 5.02 Å². The van der Waals surface area contributed by atoms with Crippen molar-refractivity contribution in [2.45, 2.75) is 19.9 Å². The van der Waals surface area contributed by atoms with E-state index in [2.05, 4.69) is 10.4 Å². The summed E-state index contributed by atoms with van der Waals surface area (Å²) in [5, 5.41) is 8.29. The van der Waals surface area contributed by atoms with Gasteiger partial charge in [0.15, 0.2) is 5.69 Å². The molecule has 0 aliphatic rings. The first-order valence-electron chi connectivity index (χ1n) is 8.61. The lowest BCUT2D eigenvalue weighted by Crippen LogP contribution is -2.29. The topological polar surface area (TPSA) is 82.4 Å². The molecule has 146 valence electrons. The van der Waals surface area contributed by atoms with Crippen molar-refractivity contribution in [1.29, 1.82) is 0 Å². The number of nitrogens with zero attached hydrogens (tertiary/aromatic N) is 2. The lowest BCUT2D eigenvalue weighted by atomic mass is 10.1. The summed E-state index contributed by atoms with van der Waals surface area (Å²) < 4.78 is 11.8. The summed E-state index contributed by atoms with van der Waals surface area (Å²) in [6.45, 7) is 3.66. The van der Waals surface area contributed by atoms with Crippen LogP contribution in [0, 0.1) is 0 Å². The summed E-state index contributed by atoms with van der Waals surface area (Å²) in [6, 6.07) is 9.80. The zero-order valence-corrected chi connectivity index (χ0v) is 16.7. The Morgan fingerprint density at radius 3 is 2.36 bits per heavy atom. The quantitative estimate of drug-likeness (QED) is 0.701. The van der Waals surface area contributed by atoms with Crippen LogP contribution in [-0.2, 0) is 0 Å². The largest absolute Gasteiger partial charge is 0.495 e. The fraction of sp³-hybridized carbons (Fsp3) is 0.250. The van der Waals surface area contributed by atoms with E-state index in [9.17, 15) is 9.59 Å². The van der Waals surface area contributed by atoms with E-state index in [-0.39, 0.29) is 17.3 Å². The third-order valence-corrected chi connectivity index (χ3v) is 4.55. The number of aromatic nitrogens is 2. The summed E-state index contributed by atoms with van der Waals surface area (Å²) in [5.41, 5.74) is 0.261. The van der Waals surface area contributed by atoms with Crippen molar-refractivity contribution >= 4 is 34.0 Å². The fourth-order valence-corrected chi connectivity index (χ4v) is 3.10. The number of hydrogen-bond acceptors (Lipinski definition) is 5. The second kappa shape index (κ2) is 7.90. The maximum atomic E-state index is 13.0. The third-order valence-electron chi connectivity index (χ3n) is 4.25. The van der Waals surface area contributed by atoms with E-state index >= 15 is 0 Å². The highest BCUT2D eigenvalue weighted by atomic mass is 35.5. The molecular formula is C20H20ClN3O4. The van der Waals surface area contributed by atoms with Crippen molar-refractivity contribution in [2.24, 2.45) is 0 Å². The molecule has 0 fully saturated rings. The SMILES string of the molecule is COc1cc(OC)c(NC(=O)c2nn(C(C)C)c(=O)c3ccccc23)cc1Cl. The number of carbonyl (C=O) groups is 1. The molecular weight excluding hydrogens is 382 g/mol. The van der Waals surface area contributed by atoms with E-state index in [1.807, 2.05) is 13.8 Å². The van der Waals surface area contributed by atoms with Crippen molar-refractivity contribution in [2.75, 3.05) is 19.5 Å². The van der Waals surface area contributed by atoms with Gasteiger partial charge in [-0.1, -0.05) is 29.8 Å². The second-order valence-corrected chi connectivity index (χ2v) is 6.79. The Balaban J connectivity index is 2.11. The van der Waals surface area contributed by atoms with Gasteiger partial charge in [-0.05, 0) is 26.0 Å². The van der Waals surface area contributed by atoms with Gasteiger partial charge < -0.3 is 14.8 Å². The van der Waals surface area contributed by atoms with Crippen molar-refractivity contribution in [3.63, 3.8) is 0 Å². The Bertz CT molecular complexity index is 1110. The van der Waals surface area contributed by atoms with E-state index in [1.165, 1.54) is 25.0 Å². The van der Waals surface area contributed by atoms with Gasteiger partial charge in [-0.15, -0.1) is 0 Å². The Labute approximate surface area is 166 Å². The Morgan fingerprint density at radius 1 is 1.11 bits per heavy atom. The lowest BCUT2D eigenvalue weighted by Gasteiger charge is -2.15. The van der Waals surface area contributed by atoms with Crippen LogP contribution in [0.4, 0.5) is 5.69 Å². The molecule has 7 nitrogen and oxygen atoms in total. The van der Waals surface area contributed by atoms with Crippen LogP contribution < -0.4 is 20.3 Å². The van der Waals surface area contributed by atoms with Crippen LogP contribution >= 0.6 is 11.6 Å². The van der Waals surface area contributed by atoms with Crippen LogP contribution in [0.1, 0.15) is 30.4 Å². The molecule has 8 heteroatoms. The first kappa shape index (κ1) is 19.7. The van der Waals surface area contributed by atoms with Crippen LogP contribution in [-0.4, -0.2) is 29.9 Å².